The molecule has 0 aromatic heterocycles. The number of thiocarbonyl (C=S) groups is 1. The summed E-state index contributed by atoms with van der Waals surface area (Å²) in [6.07, 6.45) is 1.70. The zero-order valence-electron chi connectivity index (χ0n) is 14.4. The maximum Gasteiger partial charge on any atom is 0.184 e. The number of anilines is 1. The lowest BCUT2D eigenvalue weighted by Gasteiger charge is -2.36. The van der Waals surface area contributed by atoms with Crippen LogP contribution in [0.3, 0.4) is 0 Å². The highest BCUT2D eigenvalue weighted by Gasteiger charge is 2.17. The van der Waals surface area contributed by atoms with Crippen molar-refractivity contribution in [2.24, 2.45) is 10.8 Å². The molecule has 0 radical (unpaired) electrons. The third-order valence-electron chi connectivity index (χ3n) is 4.31. The molecule has 1 fully saturated rings. The number of rotatable bonds is 5. The first kappa shape index (κ1) is 18.6. The van der Waals surface area contributed by atoms with Crippen LogP contribution in [0.4, 0.5) is 5.69 Å². The van der Waals surface area contributed by atoms with E-state index in [0.29, 0.717) is 0 Å². The molecule has 0 unspecified atom stereocenters. The van der Waals surface area contributed by atoms with Crippen molar-refractivity contribution < 1.29 is 0 Å². The van der Waals surface area contributed by atoms with E-state index >= 15 is 0 Å². The van der Waals surface area contributed by atoms with E-state index in [4.69, 9.17) is 29.6 Å². The van der Waals surface area contributed by atoms with E-state index in [-0.39, 0.29) is 5.11 Å². The van der Waals surface area contributed by atoms with E-state index in [1.54, 1.807) is 6.21 Å². The first-order valence-corrected chi connectivity index (χ1v) is 9.29. The number of nitrogens with zero attached hydrogens (tertiary/aromatic N) is 3. The second-order valence-electron chi connectivity index (χ2n) is 6.22. The average Bonchev–Trinajstić information content (AvgIpc) is 2.63. The van der Waals surface area contributed by atoms with Crippen LogP contribution in [-0.4, -0.2) is 42.4 Å². The molecule has 0 atom stereocenters. The molecule has 3 N–H and O–H groups in total. The molecule has 1 aliphatic rings. The maximum absolute atomic E-state index is 6.07. The normalized spacial score (nSPS) is 15.3. The van der Waals surface area contributed by atoms with Crippen molar-refractivity contribution in [3.8, 4) is 0 Å². The first-order valence-electron chi connectivity index (χ1n) is 8.50. The molecule has 1 saturated heterocycles. The molecule has 0 aliphatic carbocycles. The summed E-state index contributed by atoms with van der Waals surface area (Å²) in [6, 6.07) is 16.4. The van der Waals surface area contributed by atoms with Crippen molar-refractivity contribution in [3.63, 3.8) is 0 Å². The number of benzene rings is 2. The predicted octanol–water partition coefficient (Wildman–Crippen LogP) is 2.83. The zero-order valence-corrected chi connectivity index (χ0v) is 16.0. The molecule has 0 saturated carbocycles. The molecule has 0 amide bonds. The second-order valence-corrected chi connectivity index (χ2v) is 7.10. The lowest BCUT2D eigenvalue weighted by molar-refractivity contribution is 0.250. The van der Waals surface area contributed by atoms with Crippen LogP contribution in [0, 0.1) is 0 Å². The molecule has 5 nitrogen and oxygen atoms in total. The average molecular weight is 388 g/mol. The van der Waals surface area contributed by atoms with Gasteiger partial charge in [0.25, 0.3) is 0 Å². The summed E-state index contributed by atoms with van der Waals surface area (Å²) in [7, 11) is 0. The van der Waals surface area contributed by atoms with Gasteiger partial charge in [-0.3, -0.25) is 10.3 Å². The highest BCUT2D eigenvalue weighted by molar-refractivity contribution is 7.80. The molecular formula is C19H22ClN5S. The van der Waals surface area contributed by atoms with Gasteiger partial charge in [-0.05, 0) is 47.6 Å². The monoisotopic (exact) mass is 387 g/mol. The van der Waals surface area contributed by atoms with Gasteiger partial charge in [-0.1, -0.05) is 35.9 Å². The molecule has 1 aliphatic heterocycles. The van der Waals surface area contributed by atoms with Crippen LogP contribution >= 0.6 is 23.8 Å². The third-order valence-corrected chi connectivity index (χ3v) is 4.64. The van der Waals surface area contributed by atoms with Gasteiger partial charge in [-0.2, -0.15) is 5.10 Å². The summed E-state index contributed by atoms with van der Waals surface area (Å²) in [5.41, 5.74) is 11.4. The van der Waals surface area contributed by atoms with Crippen molar-refractivity contribution in [1.29, 1.82) is 0 Å². The van der Waals surface area contributed by atoms with E-state index in [1.807, 2.05) is 30.3 Å². The lowest BCUT2D eigenvalue weighted by atomic mass is 10.1. The Morgan fingerprint density at radius 1 is 1.15 bits per heavy atom. The van der Waals surface area contributed by atoms with Crippen molar-refractivity contribution in [1.82, 2.24) is 10.3 Å². The maximum atomic E-state index is 6.07. The summed E-state index contributed by atoms with van der Waals surface area (Å²) >= 11 is 10.8. The Morgan fingerprint density at radius 3 is 2.54 bits per heavy atom. The highest BCUT2D eigenvalue weighted by atomic mass is 35.5. The van der Waals surface area contributed by atoms with Gasteiger partial charge >= 0.3 is 0 Å². The standard InChI is InChI=1S/C19H22ClN5S/c20-17-3-1-2-16(12-17)14-24-8-10-25(11-9-24)18-6-4-15(5-7-18)13-22-23-19(21)26/h1-7,12-13H,8-11,14H2,(H3,21,23,26)/b22-13+. The lowest BCUT2D eigenvalue weighted by Crippen LogP contribution is -2.45. The number of piperazine rings is 1. The highest BCUT2D eigenvalue weighted by Crippen LogP contribution is 2.19. The number of nitrogens with one attached hydrogen (secondary N) is 1. The number of hydrogen-bond acceptors (Lipinski definition) is 4. The minimum atomic E-state index is 0.161. The van der Waals surface area contributed by atoms with Crippen LogP contribution in [0.25, 0.3) is 0 Å². The van der Waals surface area contributed by atoms with Crippen LogP contribution in [-0.2, 0) is 6.54 Å². The Morgan fingerprint density at radius 2 is 1.88 bits per heavy atom. The molecule has 3 rings (SSSR count). The van der Waals surface area contributed by atoms with Crippen molar-refractivity contribution in [2.75, 3.05) is 31.1 Å². The Bertz CT molecular complexity index is 770. The van der Waals surface area contributed by atoms with Gasteiger partial charge < -0.3 is 10.6 Å². The Balaban J connectivity index is 1.51. The summed E-state index contributed by atoms with van der Waals surface area (Å²) in [5, 5.41) is 4.93. The van der Waals surface area contributed by atoms with Gasteiger partial charge in [-0.15, -0.1) is 0 Å². The number of nitrogens with two attached hydrogens (primary N) is 1. The molecule has 0 bridgehead atoms. The molecule has 2 aromatic rings. The van der Waals surface area contributed by atoms with Crippen molar-refractivity contribution in [3.05, 3.63) is 64.7 Å². The number of hydrazone groups is 1. The van der Waals surface area contributed by atoms with Crippen LogP contribution in [0.1, 0.15) is 11.1 Å². The van der Waals surface area contributed by atoms with E-state index in [0.717, 1.165) is 43.3 Å². The Hall–Kier alpha value is -2.15. The van der Waals surface area contributed by atoms with Gasteiger partial charge in [0.15, 0.2) is 5.11 Å². The van der Waals surface area contributed by atoms with Crippen LogP contribution in [0.2, 0.25) is 5.02 Å². The molecular weight excluding hydrogens is 366 g/mol. The fraction of sp³-hybridized carbons (Fsp3) is 0.263. The van der Waals surface area contributed by atoms with E-state index in [9.17, 15) is 0 Å². The molecule has 2 aromatic carbocycles. The Labute approximate surface area is 164 Å². The minimum Gasteiger partial charge on any atom is -0.375 e. The fourth-order valence-corrected chi connectivity index (χ4v) is 3.26. The quantitative estimate of drug-likeness (QED) is 0.469. The topological polar surface area (TPSA) is 56.9 Å². The number of halogens is 1. The van der Waals surface area contributed by atoms with E-state index < -0.39 is 0 Å². The van der Waals surface area contributed by atoms with Gasteiger partial charge in [0.2, 0.25) is 0 Å². The SMILES string of the molecule is NC(=S)N/N=C/c1ccc(N2CCN(Cc3cccc(Cl)c3)CC2)cc1. The molecule has 1 heterocycles. The van der Waals surface area contributed by atoms with Gasteiger partial charge in [0.1, 0.15) is 0 Å². The summed E-state index contributed by atoms with van der Waals surface area (Å²) in [4.78, 5) is 4.87. The van der Waals surface area contributed by atoms with E-state index in [2.05, 4.69) is 38.5 Å². The van der Waals surface area contributed by atoms with Crippen molar-refractivity contribution >= 4 is 40.8 Å². The zero-order chi connectivity index (χ0) is 18.4. The minimum absolute atomic E-state index is 0.161. The van der Waals surface area contributed by atoms with E-state index in [1.165, 1.54) is 11.3 Å². The van der Waals surface area contributed by atoms with Gasteiger partial charge in [0, 0.05) is 43.4 Å². The summed E-state index contributed by atoms with van der Waals surface area (Å²) in [6.45, 7) is 5.04. The summed E-state index contributed by atoms with van der Waals surface area (Å²) in [5.74, 6) is 0. The fourth-order valence-electron chi connectivity index (χ4n) is 3.00. The van der Waals surface area contributed by atoms with Crippen LogP contribution < -0.4 is 16.1 Å². The van der Waals surface area contributed by atoms with Crippen LogP contribution in [0.5, 0.6) is 0 Å². The first-order chi connectivity index (χ1) is 12.6. The smallest absolute Gasteiger partial charge is 0.184 e. The number of hydrogen-bond donors (Lipinski definition) is 2. The van der Waals surface area contributed by atoms with Gasteiger partial charge in [0.05, 0.1) is 6.21 Å². The second kappa shape index (κ2) is 8.98. The third kappa shape index (κ3) is 5.42. The van der Waals surface area contributed by atoms with Crippen LogP contribution in [0.15, 0.2) is 53.6 Å². The predicted molar refractivity (Wildman–Crippen MR) is 113 cm³/mol. The largest absolute Gasteiger partial charge is 0.375 e. The summed E-state index contributed by atoms with van der Waals surface area (Å²) < 4.78 is 0. The van der Waals surface area contributed by atoms with Gasteiger partial charge in [-0.25, -0.2) is 0 Å². The molecule has 26 heavy (non-hydrogen) atoms. The molecule has 136 valence electrons. The van der Waals surface area contributed by atoms with Crippen molar-refractivity contribution in [2.45, 2.75) is 6.54 Å². The molecule has 7 heteroatoms. The molecule has 0 spiro atoms. The Kier molecular flexibility index (Phi) is 6.44.